The van der Waals surface area contributed by atoms with Crippen molar-refractivity contribution in [1.82, 2.24) is 0 Å². The van der Waals surface area contributed by atoms with Crippen LogP contribution >= 0.6 is 0 Å². The molecule has 0 aromatic heterocycles. The fraction of sp³-hybridized carbons (Fsp3) is 0.500. The molecule has 0 radical (unpaired) electrons. The van der Waals surface area contributed by atoms with E-state index in [1.165, 1.54) is 6.07 Å². The first kappa shape index (κ1) is 17.3. The number of halogens is 3. The van der Waals surface area contributed by atoms with Gasteiger partial charge in [0.2, 0.25) is 0 Å². The first-order valence-corrected chi connectivity index (χ1v) is 6.36. The summed E-state index contributed by atoms with van der Waals surface area (Å²) in [7, 11) is 0. The monoisotopic (exact) mass is 305 g/mol. The van der Waals surface area contributed by atoms with Crippen LogP contribution in [-0.4, -0.2) is 29.3 Å². The van der Waals surface area contributed by atoms with Gasteiger partial charge in [0.25, 0.3) is 0 Å². The number of aliphatic hydroxyl groups excluding tert-OH is 1. The van der Waals surface area contributed by atoms with E-state index in [2.05, 4.69) is 5.32 Å². The molecule has 0 saturated carbocycles. The van der Waals surface area contributed by atoms with Gasteiger partial charge in [-0.2, -0.15) is 13.2 Å². The number of hydrogen-bond acceptors (Lipinski definition) is 3. The van der Waals surface area contributed by atoms with Crippen molar-refractivity contribution in [3.63, 3.8) is 0 Å². The number of hydrogen-bond donors (Lipinski definition) is 3. The third-order valence-electron chi connectivity index (χ3n) is 3.12. The molecule has 0 spiro atoms. The normalized spacial score (nSPS) is 12.3. The molecule has 4 nitrogen and oxygen atoms in total. The van der Waals surface area contributed by atoms with Gasteiger partial charge in [0.1, 0.15) is 0 Å². The molecule has 0 bridgehead atoms. The third-order valence-corrected chi connectivity index (χ3v) is 3.12. The van der Waals surface area contributed by atoms with Crippen molar-refractivity contribution >= 4 is 11.7 Å². The fourth-order valence-corrected chi connectivity index (χ4v) is 1.81. The Bertz CT molecular complexity index is 513. The molecule has 0 aliphatic heterocycles. The van der Waals surface area contributed by atoms with Crippen molar-refractivity contribution in [3.8, 4) is 0 Å². The second-order valence-corrected chi connectivity index (χ2v) is 5.55. The molecule has 0 amide bonds. The van der Waals surface area contributed by atoms with Gasteiger partial charge in [0.15, 0.2) is 0 Å². The first-order valence-electron chi connectivity index (χ1n) is 6.36. The molecule has 118 valence electrons. The molecule has 21 heavy (non-hydrogen) atoms. The second kappa shape index (κ2) is 6.34. The molecule has 0 saturated heterocycles. The quantitative estimate of drug-likeness (QED) is 0.755. The number of alkyl halides is 3. The zero-order chi connectivity index (χ0) is 16.3. The molecule has 1 aromatic carbocycles. The zero-order valence-electron chi connectivity index (χ0n) is 11.8. The Morgan fingerprint density at radius 3 is 2.38 bits per heavy atom. The van der Waals surface area contributed by atoms with E-state index in [4.69, 9.17) is 10.2 Å². The minimum atomic E-state index is -4.71. The third kappa shape index (κ3) is 4.93. The van der Waals surface area contributed by atoms with E-state index in [1.54, 1.807) is 0 Å². The van der Waals surface area contributed by atoms with Crippen LogP contribution < -0.4 is 5.32 Å². The maximum absolute atomic E-state index is 12.7. The summed E-state index contributed by atoms with van der Waals surface area (Å²) in [6.07, 6.45) is -4.19. The van der Waals surface area contributed by atoms with Crippen LogP contribution in [0, 0.1) is 5.41 Å². The highest BCUT2D eigenvalue weighted by atomic mass is 19.4. The number of aliphatic hydroxyl groups is 1. The molecule has 0 aliphatic carbocycles. The number of rotatable bonds is 6. The van der Waals surface area contributed by atoms with Crippen LogP contribution in [0.4, 0.5) is 18.9 Å². The molecule has 0 fully saturated rings. The first-order chi connectivity index (χ1) is 9.57. The predicted molar refractivity (Wildman–Crippen MR) is 72.4 cm³/mol. The summed E-state index contributed by atoms with van der Waals surface area (Å²) in [5.41, 5.74) is -1.92. The lowest BCUT2D eigenvalue weighted by atomic mass is 9.89. The van der Waals surface area contributed by atoms with Crippen LogP contribution in [0.5, 0.6) is 0 Å². The number of anilines is 1. The summed E-state index contributed by atoms with van der Waals surface area (Å²) in [4.78, 5) is 11.0. The van der Waals surface area contributed by atoms with Crippen molar-refractivity contribution in [2.45, 2.75) is 26.4 Å². The lowest BCUT2D eigenvalue weighted by Gasteiger charge is -2.24. The van der Waals surface area contributed by atoms with E-state index in [-0.39, 0.29) is 12.0 Å². The van der Waals surface area contributed by atoms with Gasteiger partial charge < -0.3 is 15.5 Å². The number of carbonyl (C=O) groups is 1. The van der Waals surface area contributed by atoms with Gasteiger partial charge >= 0.3 is 12.1 Å². The van der Waals surface area contributed by atoms with Crippen molar-refractivity contribution < 1.29 is 28.2 Å². The summed E-state index contributed by atoms with van der Waals surface area (Å²) < 4.78 is 38.1. The van der Waals surface area contributed by atoms with Gasteiger partial charge in [-0.05, 0) is 30.0 Å². The van der Waals surface area contributed by atoms with Crippen LogP contribution in [0.1, 0.15) is 36.2 Å². The van der Waals surface area contributed by atoms with Crippen LogP contribution in [0.25, 0.3) is 0 Å². The highest BCUT2D eigenvalue weighted by molar-refractivity contribution is 5.91. The SMILES string of the molecule is CC(C)(CCO)CNc1ccc(C(F)(F)F)c(C(=O)O)c1. The minimum Gasteiger partial charge on any atom is -0.478 e. The van der Waals surface area contributed by atoms with Gasteiger partial charge in [-0.25, -0.2) is 4.79 Å². The zero-order valence-corrected chi connectivity index (χ0v) is 11.8. The lowest BCUT2D eigenvalue weighted by molar-refractivity contribution is -0.138. The lowest BCUT2D eigenvalue weighted by Crippen LogP contribution is -2.24. The topological polar surface area (TPSA) is 69.6 Å². The average Bonchev–Trinajstić information content (AvgIpc) is 2.35. The molecule has 0 unspecified atom stereocenters. The van der Waals surface area contributed by atoms with Crippen LogP contribution in [0.2, 0.25) is 0 Å². The summed E-state index contributed by atoms with van der Waals surface area (Å²) in [5, 5.41) is 20.7. The minimum absolute atomic E-state index is 0.00205. The van der Waals surface area contributed by atoms with Crippen molar-refractivity contribution in [2.24, 2.45) is 5.41 Å². The number of nitrogens with one attached hydrogen (secondary N) is 1. The molecule has 1 aromatic rings. The van der Waals surface area contributed by atoms with E-state index in [0.29, 0.717) is 18.7 Å². The van der Waals surface area contributed by atoms with Gasteiger partial charge in [-0.3, -0.25) is 0 Å². The van der Waals surface area contributed by atoms with E-state index >= 15 is 0 Å². The Kier molecular flexibility index (Phi) is 5.22. The summed E-state index contributed by atoms with van der Waals surface area (Å²) in [6, 6.07) is 2.93. The Labute approximate surface area is 120 Å². The van der Waals surface area contributed by atoms with E-state index in [0.717, 1.165) is 12.1 Å². The summed E-state index contributed by atoms with van der Waals surface area (Å²) in [5.74, 6) is -1.62. The smallest absolute Gasteiger partial charge is 0.417 e. The highest BCUT2D eigenvalue weighted by Crippen LogP contribution is 2.33. The van der Waals surface area contributed by atoms with Gasteiger partial charge in [-0.15, -0.1) is 0 Å². The molecular formula is C14H18F3NO3. The number of carboxylic acid groups (broad SMARTS) is 1. The summed E-state index contributed by atoms with van der Waals surface area (Å²) >= 11 is 0. The highest BCUT2D eigenvalue weighted by Gasteiger charge is 2.35. The number of benzene rings is 1. The number of aromatic carboxylic acids is 1. The Balaban J connectivity index is 2.97. The van der Waals surface area contributed by atoms with Crippen LogP contribution in [0.15, 0.2) is 18.2 Å². The molecule has 7 heteroatoms. The van der Waals surface area contributed by atoms with Crippen molar-refractivity contribution in [2.75, 3.05) is 18.5 Å². The van der Waals surface area contributed by atoms with Gasteiger partial charge in [0, 0.05) is 18.8 Å². The standard InChI is InChI=1S/C14H18F3NO3/c1-13(2,5-6-19)8-18-9-3-4-11(14(15,16)17)10(7-9)12(20)21/h3-4,7,18-19H,5-6,8H2,1-2H3,(H,20,21). The molecule has 0 aliphatic rings. The fourth-order valence-electron chi connectivity index (χ4n) is 1.81. The van der Waals surface area contributed by atoms with Gasteiger partial charge in [-0.1, -0.05) is 13.8 Å². The molecule has 3 N–H and O–H groups in total. The van der Waals surface area contributed by atoms with Crippen molar-refractivity contribution in [3.05, 3.63) is 29.3 Å². The van der Waals surface area contributed by atoms with Crippen molar-refractivity contribution in [1.29, 1.82) is 0 Å². The molecule has 1 rings (SSSR count). The predicted octanol–water partition coefficient (Wildman–Crippen LogP) is 3.22. The van der Waals surface area contributed by atoms with E-state index < -0.39 is 23.3 Å². The second-order valence-electron chi connectivity index (χ2n) is 5.55. The largest absolute Gasteiger partial charge is 0.478 e. The molecular weight excluding hydrogens is 287 g/mol. The van der Waals surface area contributed by atoms with E-state index in [1.807, 2.05) is 13.8 Å². The van der Waals surface area contributed by atoms with E-state index in [9.17, 15) is 18.0 Å². The number of carboxylic acids is 1. The molecule has 0 heterocycles. The maximum Gasteiger partial charge on any atom is 0.417 e. The Morgan fingerprint density at radius 2 is 1.90 bits per heavy atom. The van der Waals surface area contributed by atoms with Crippen LogP contribution in [0.3, 0.4) is 0 Å². The Hall–Kier alpha value is -1.76. The Morgan fingerprint density at radius 1 is 1.29 bits per heavy atom. The molecule has 0 atom stereocenters. The van der Waals surface area contributed by atoms with Crippen LogP contribution in [-0.2, 0) is 6.18 Å². The average molecular weight is 305 g/mol. The van der Waals surface area contributed by atoms with Gasteiger partial charge in [0.05, 0.1) is 11.1 Å². The summed E-state index contributed by atoms with van der Waals surface area (Å²) in [6.45, 7) is 4.18. The maximum atomic E-state index is 12.7.